The highest BCUT2D eigenvalue weighted by Gasteiger charge is 2.13. The van der Waals surface area contributed by atoms with Gasteiger partial charge in [0.25, 0.3) is 0 Å². The summed E-state index contributed by atoms with van der Waals surface area (Å²) in [5.74, 6) is -0.478. The monoisotopic (exact) mass is 281 g/mol. The molecule has 1 aromatic carbocycles. The van der Waals surface area contributed by atoms with Crippen LogP contribution in [0.5, 0.6) is 0 Å². The van der Waals surface area contributed by atoms with E-state index in [0.717, 1.165) is 25.9 Å². The fraction of sp³-hybridized carbons (Fsp3) is 0.400. The van der Waals surface area contributed by atoms with Crippen molar-refractivity contribution in [3.63, 3.8) is 0 Å². The second-order valence-corrected chi connectivity index (χ2v) is 5.12. The minimum atomic E-state index is -0.410. The molecule has 19 heavy (non-hydrogen) atoms. The predicted molar refractivity (Wildman–Crippen MR) is 75.5 cm³/mol. The van der Waals surface area contributed by atoms with E-state index < -0.39 is 5.82 Å². The van der Waals surface area contributed by atoms with E-state index in [2.05, 4.69) is 0 Å². The van der Waals surface area contributed by atoms with Gasteiger partial charge in [-0.15, -0.1) is 0 Å². The number of halogens is 2. The Morgan fingerprint density at radius 3 is 2.53 bits per heavy atom. The van der Waals surface area contributed by atoms with Gasteiger partial charge in [0.15, 0.2) is 0 Å². The number of benzene rings is 1. The number of amides is 1. The van der Waals surface area contributed by atoms with Crippen LogP contribution in [0.15, 0.2) is 24.3 Å². The lowest BCUT2D eigenvalue weighted by Gasteiger charge is -2.18. The summed E-state index contributed by atoms with van der Waals surface area (Å²) in [5, 5.41) is 0.319. The first kappa shape index (κ1) is 14.1. The number of nitrogens with zero attached hydrogens (tertiary/aromatic N) is 1. The summed E-state index contributed by atoms with van der Waals surface area (Å²) in [6.45, 7) is 1.57. The van der Waals surface area contributed by atoms with Crippen molar-refractivity contribution in [3.05, 3.63) is 40.7 Å². The molecule has 0 unspecified atom stereocenters. The van der Waals surface area contributed by atoms with Crippen molar-refractivity contribution in [2.24, 2.45) is 0 Å². The Bertz CT molecular complexity index is 459. The zero-order chi connectivity index (χ0) is 13.7. The molecule has 0 aliphatic carbocycles. The summed E-state index contributed by atoms with van der Waals surface area (Å²) in [5.41, 5.74) is 0.271. The highest BCUT2D eigenvalue weighted by Crippen LogP contribution is 2.20. The molecule has 2 nitrogen and oxygen atoms in total. The van der Waals surface area contributed by atoms with Gasteiger partial charge >= 0.3 is 0 Å². The summed E-state index contributed by atoms with van der Waals surface area (Å²) in [6, 6.07) is 4.49. The van der Waals surface area contributed by atoms with Crippen LogP contribution in [0.4, 0.5) is 4.39 Å². The molecule has 0 aromatic heterocycles. The van der Waals surface area contributed by atoms with Crippen LogP contribution in [0.1, 0.15) is 31.2 Å². The quantitative estimate of drug-likeness (QED) is 0.753. The molecule has 0 atom stereocenters. The van der Waals surface area contributed by atoms with Crippen molar-refractivity contribution in [2.75, 3.05) is 13.1 Å². The van der Waals surface area contributed by atoms with Crippen LogP contribution in [0.3, 0.4) is 0 Å². The van der Waals surface area contributed by atoms with Crippen LogP contribution in [0.2, 0.25) is 5.02 Å². The average molecular weight is 282 g/mol. The van der Waals surface area contributed by atoms with Gasteiger partial charge in [0.1, 0.15) is 5.82 Å². The second-order valence-electron chi connectivity index (χ2n) is 4.71. The zero-order valence-electron chi connectivity index (χ0n) is 10.7. The zero-order valence-corrected chi connectivity index (χ0v) is 11.5. The average Bonchev–Trinajstić information content (AvgIpc) is 2.66. The summed E-state index contributed by atoms with van der Waals surface area (Å²) in [6.07, 6.45) is 7.31. The van der Waals surface area contributed by atoms with E-state index in [1.54, 1.807) is 12.1 Å². The van der Waals surface area contributed by atoms with Crippen LogP contribution in [-0.4, -0.2) is 23.9 Å². The lowest BCUT2D eigenvalue weighted by atomic mass is 10.2. The predicted octanol–water partition coefficient (Wildman–Crippen LogP) is 3.89. The molecule has 0 radical (unpaired) electrons. The maximum atomic E-state index is 13.5. The fourth-order valence-electron chi connectivity index (χ4n) is 2.22. The Morgan fingerprint density at radius 2 is 1.89 bits per heavy atom. The van der Waals surface area contributed by atoms with Crippen LogP contribution >= 0.6 is 11.6 Å². The molecule has 0 saturated carbocycles. The van der Waals surface area contributed by atoms with Gasteiger partial charge in [0, 0.05) is 24.7 Å². The van der Waals surface area contributed by atoms with E-state index in [9.17, 15) is 9.18 Å². The molecular formula is C15H17ClFNO. The van der Waals surface area contributed by atoms with Gasteiger partial charge in [-0.3, -0.25) is 4.79 Å². The molecule has 0 N–H and O–H groups in total. The van der Waals surface area contributed by atoms with Gasteiger partial charge < -0.3 is 4.90 Å². The molecule has 2 rings (SSSR count). The number of hydrogen-bond donors (Lipinski definition) is 0. The van der Waals surface area contributed by atoms with Gasteiger partial charge in [-0.25, -0.2) is 4.39 Å². The van der Waals surface area contributed by atoms with E-state index in [0.29, 0.717) is 5.02 Å². The smallest absolute Gasteiger partial charge is 0.246 e. The van der Waals surface area contributed by atoms with Gasteiger partial charge in [-0.1, -0.05) is 30.5 Å². The maximum absolute atomic E-state index is 13.5. The molecule has 1 aromatic rings. The molecule has 0 bridgehead atoms. The fourth-order valence-corrected chi connectivity index (χ4v) is 2.45. The van der Waals surface area contributed by atoms with Crippen molar-refractivity contribution >= 4 is 23.6 Å². The summed E-state index contributed by atoms with van der Waals surface area (Å²) in [4.78, 5) is 13.8. The van der Waals surface area contributed by atoms with E-state index in [1.807, 2.05) is 4.90 Å². The molecule has 102 valence electrons. The van der Waals surface area contributed by atoms with Crippen LogP contribution in [0.25, 0.3) is 6.08 Å². The van der Waals surface area contributed by atoms with Crippen LogP contribution in [0, 0.1) is 5.82 Å². The molecule has 1 aliphatic rings. The standard InChI is InChI=1S/C15H17ClFNO/c16-13-6-5-7-14(17)12(13)8-9-15(19)18-10-3-1-2-4-11-18/h5-9H,1-4,10-11H2. The molecule has 1 aliphatic heterocycles. The van der Waals surface area contributed by atoms with Crippen molar-refractivity contribution in [1.82, 2.24) is 4.90 Å². The first-order valence-electron chi connectivity index (χ1n) is 6.59. The Labute approximate surface area is 117 Å². The van der Waals surface area contributed by atoms with Crippen molar-refractivity contribution in [2.45, 2.75) is 25.7 Å². The Balaban J connectivity index is 2.07. The van der Waals surface area contributed by atoms with Crippen LogP contribution in [-0.2, 0) is 4.79 Å². The SMILES string of the molecule is O=C(C=Cc1c(F)cccc1Cl)N1CCCCCC1. The van der Waals surface area contributed by atoms with Crippen molar-refractivity contribution < 1.29 is 9.18 Å². The van der Waals surface area contributed by atoms with Crippen LogP contribution < -0.4 is 0 Å². The minimum absolute atomic E-state index is 0.0683. The summed E-state index contributed by atoms with van der Waals surface area (Å²) in [7, 11) is 0. The van der Waals surface area contributed by atoms with Gasteiger partial charge in [-0.05, 0) is 31.1 Å². The summed E-state index contributed by atoms with van der Waals surface area (Å²) >= 11 is 5.91. The lowest BCUT2D eigenvalue weighted by molar-refractivity contribution is -0.125. The number of likely N-dealkylation sites (tertiary alicyclic amines) is 1. The number of rotatable bonds is 2. The molecular weight excluding hydrogens is 265 g/mol. The highest BCUT2D eigenvalue weighted by molar-refractivity contribution is 6.32. The molecule has 4 heteroatoms. The molecule has 0 spiro atoms. The number of carbonyl (C=O) groups excluding carboxylic acids is 1. The molecule has 1 fully saturated rings. The van der Waals surface area contributed by atoms with Gasteiger partial charge in [0.2, 0.25) is 5.91 Å². The Hall–Kier alpha value is -1.35. The molecule has 1 heterocycles. The largest absolute Gasteiger partial charge is 0.339 e. The minimum Gasteiger partial charge on any atom is -0.339 e. The Kier molecular flexibility index (Phi) is 4.97. The van der Waals surface area contributed by atoms with Gasteiger partial charge in [-0.2, -0.15) is 0 Å². The maximum Gasteiger partial charge on any atom is 0.246 e. The summed E-state index contributed by atoms with van der Waals surface area (Å²) < 4.78 is 13.5. The second kappa shape index (κ2) is 6.71. The first-order chi connectivity index (χ1) is 9.18. The van der Waals surface area contributed by atoms with E-state index in [1.165, 1.54) is 31.1 Å². The third-order valence-corrected chi connectivity index (χ3v) is 3.64. The topological polar surface area (TPSA) is 20.3 Å². The van der Waals surface area contributed by atoms with E-state index in [4.69, 9.17) is 11.6 Å². The van der Waals surface area contributed by atoms with E-state index >= 15 is 0 Å². The van der Waals surface area contributed by atoms with Gasteiger partial charge in [0.05, 0.1) is 5.02 Å². The van der Waals surface area contributed by atoms with Crippen molar-refractivity contribution in [1.29, 1.82) is 0 Å². The lowest BCUT2D eigenvalue weighted by Crippen LogP contribution is -2.30. The highest BCUT2D eigenvalue weighted by atomic mass is 35.5. The third kappa shape index (κ3) is 3.80. The normalized spacial score (nSPS) is 16.6. The van der Waals surface area contributed by atoms with E-state index in [-0.39, 0.29) is 11.5 Å². The molecule has 1 saturated heterocycles. The Morgan fingerprint density at radius 1 is 1.21 bits per heavy atom. The first-order valence-corrected chi connectivity index (χ1v) is 6.97. The number of hydrogen-bond acceptors (Lipinski definition) is 1. The molecule has 1 amide bonds. The third-order valence-electron chi connectivity index (χ3n) is 3.31. The van der Waals surface area contributed by atoms with Crippen molar-refractivity contribution in [3.8, 4) is 0 Å². The number of carbonyl (C=O) groups is 1.